The van der Waals surface area contributed by atoms with Crippen LogP contribution in [0.4, 0.5) is 5.82 Å². The Morgan fingerprint density at radius 1 is 1.50 bits per heavy atom. The van der Waals surface area contributed by atoms with E-state index in [0.717, 1.165) is 29.9 Å². The van der Waals surface area contributed by atoms with Crippen LogP contribution >= 0.6 is 12.2 Å². The minimum Gasteiger partial charge on any atom is -0.389 e. The van der Waals surface area contributed by atoms with Gasteiger partial charge in [0.25, 0.3) is 0 Å². The molecule has 0 aliphatic carbocycles. The summed E-state index contributed by atoms with van der Waals surface area (Å²) in [6, 6.07) is 4.20. The second kappa shape index (κ2) is 4.48. The summed E-state index contributed by atoms with van der Waals surface area (Å²) >= 11 is 5.01. The lowest BCUT2D eigenvalue weighted by atomic mass is 9.95. The Hall–Kier alpha value is -1.20. The first-order valence-electron chi connectivity index (χ1n) is 6.32. The first-order valence-corrected chi connectivity index (χ1v) is 6.73. The predicted octanol–water partition coefficient (Wildman–Crippen LogP) is 1.76. The maximum atomic E-state index is 5.82. The molecule has 4 nitrogen and oxygen atoms in total. The number of anilines is 1. The molecule has 5 heteroatoms. The molecular formula is C13H17N3OS. The maximum absolute atomic E-state index is 5.82. The van der Waals surface area contributed by atoms with Gasteiger partial charge in [-0.25, -0.2) is 4.98 Å². The third-order valence-corrected chi connectivity index (χ3v) is 3.91. The van der Waals surface area contributed by atoms with Crippen LogP contribution in [-0.4, -0.2) is 28.2 Å². The number of rotatable bonds is 3. The van der Waals surface area contributed by atoms with Gasteiger partial charge in [-0.1, -0.05) is 12.2 Å². The van der Waals surface area contributed by atoms with E-state index in [0.29, 0.717) is 23.2 Å². The van der Waals surface area contributed by atoms with Crippen LogP contribution in [0.15, 0.2) is 12.1 Å². The minimum atomic E-state index is 0.339. The molecule has 0 spiro atoms. The van der Waals surface area contributed by atoms with Gasteiger partial charge in [0.2, 0.25) is 0 Å². The van der Waals surface area contributed by atoms with Crippen molar-refractivity contribution in [1.82, 2.24) is 4.98 Å². The number of thiocarbonyl (C=S) groups is 1. The molecule has 3 N–H and O–H groups in total. The number of hydrogen-bond donors (Lipinski definition) is 2. The van der Waals surface area contributed by atoms with Gasteiger partial charge in [-0.15, -0.1) is 0 Å². The van der Waals surface area contributed by atoms with Gasteiger partial charge in [-0.2, -0.15) is 0 Å². The summed E-state index contributed by atoms with van der Waals surface area (Å²) in [5, 5.41) is 3.46. The van der Waals surface area contributed by atoms with Crippen molar-refractivity contribution in [2.75, 3.05) is 5.32 Å². The van der Waals surface area contributed by atoms with E-state index in [1.807, 2.05) is 19.1 Å². The van der Waals surface area contributed by atoms with E-state index in [1.54, 1.807) is 0 Å². The van der Waals surface area contributed by atoms with E-state index < -0.39 is 0 Å². The summed E-state index contributed by atoms with van der Waals surface area (Å²) in [7, 11) is 0. The molecule has 2 aliphatic heterocycles. The van der Waals surface area contributed by atoms with Crippen LogP contribution in [0, 0.1) is 6.92 Å². The lowest BCUT2D eigenvalue weighted by molar-refractivity contribution is 0.102. The Balaban J connectivity index is 1.78. The lowest BCUT2D eigenvalue weighted by Crippen LogP contribution is -2.31. The summed E-state index contributed by atoms with van der Waals surface area (Å²) in [6.45, 7) is 1.95. The van der Waals surface area contributed by atoms with Crippen LogP contribution in [0.5, 0.6) is 0 Å². The zero-order valence-corrected chi connectivity index (χ0v) is 11.2. The molecule has 0 amide bonds. The van der Waals surface area contributed by atoms with Crippen LogP contribution in [0.3, 0.4) is 0 Å². The number of nitrogens with two attached hydrogens (primary N) is 1. The van der Waals surface area contributed by atoms with Crippen molar-refractivity contribution in [2.24, 2.45) is 5.73 Å². The molecule has 3 heterocycles. The first kappa shape index (κ1) is 11.9. The van der Waals surface area contributed by atoms with E-state index in [4.69, 9.17) is 22.7 Å². The van der Waals surface area contributed by atoms with Gasteiger partial charge in [-0.3, -0.25) is 0 Å². The standard InChI is InChI=1S/C13H17N3OS/c1-7-4-8(13(14)18)5-12(15-7)16-10-6-9-2-3-11(10)17-9/h4-5,9-11H,2-3,6H2,1H3,(H2,14,18)(H,15,16). The van der Waals surface area contributed by atoms with E-state index in [2.05, 4.69) is 10.3 Å². The van der Waals surface area contributed by atoms with Crippen LogP contribution in [-0.2, 0) is 4.74 Å². The number of ether oxygens (including phenoxy) is 1. The van der Waals surface area contributed by atoms with E-state index in [9.17, 15) is 0 Å². The fraction of sp³-hybridized carbons (Fsp3) is 0.538. The molecule has 96 valence electrons. The molecule has 2 fully saturated rings. The number of aryl methyl sites for hydroxylation is 1. The Morgan fingerprint density at radius 2 is 2.33 bits per heavy atom. The summed E-state index contributed by atoms with van der Waals surface area (Å²) < 4.78 is 5.82. The van der Waals surface area contributed by atoms with E-state index in [-0.39, 0.29) is 0 Å². The third kappa shape index (κ3) is 2.20. The Kier molecular flexibility index (Phi) is 2.95. The molecule has 3 unspecified atom stereocenters. The molecule has 18 heavy (non-hydrogen) atoms. The van der Waals surface area contributed by atoms with Crippen molar-refractivity contribution in [3.63, 3.8) is 0 Å². The highest BCUT2D eigenvalue weighted by Gasteiger charge is 2.40. The number of fused-ring (bicyclic) bond motifs is 2. The number of aromatic nitrogens is 1. The van der Waals surface area contributed by atoms with Crippen molar-refractivity contribution in [3.8, 4) is 0 Å². The zero-order valence-electron chi connectivity index (χ0n) is 10.3. The molecule has 2 saturated heterocycles. The molecule has 0 saturated carbocycles. The molecule has 2 bridgehead atoms. The molecular weight excluding hydrogens is 246 g/mol. The van der Waals surface area contributed by atoms with Crippen molar-refractivity contribution in [2.45, 2.75) is 44.4 Å². The normalized spacial score (nSPS) is 29.5. The molecule has 3 rings (SSSR count). The minimum absolute atomic E-state index is 0.339. The van der Waals surface area contributed by atoms with Crippen LogP contribution in [0.1, 0.15) is 30.5 Å². The van der Waals surface area contributed by atoms with Crippen LogP contribution in [0.25, 0.3) is 0 Å². The molecule has 2 aliphatic rings. The summed E-state index contributed by atoms with van der Waals surface area (Å²) in [4.78, 5) is 4.89. The van der Waals surface area contributed by atoms with Crippen molar-refractivity contribution in [1.29, 1.82) is 0 Å². The van der Waals surface area contributed by atoms with Crippen molar-refractivity contribution >= 4 is 23.0 Å². The highest BCUT2D eigenvalue weighted by Crippen LogP contribution is 2.35. The smallest absolute Gasteiger partial charge is 0.127 e. The van der Waals surface area contributed by atoms with Gasteiger partial charge in [0.15, 0.2) is 0 Å². The van der Waals surface area contributed by atoms with E-state index >= 15 is 0 Å². The van der Waals surface area contributed by atoms with E-state index in [1.165, 1.54) is 6.42 Å². The lowest BCUT2D eigenvalue weighted by Gasteiger charge is -2.21. The summed E-state index contributed by atoms with van der Waals surface area (Å²) in [5.74, 6) is 0.846. The number of pyridine rings is 1. The second-order valence-corrected chi connectivity index (χ2v) is 5.55. The fourth-order valence-electron chi connectivity index (χ4n) is 2.86. The number of nitrogens with zero attached hydrogens (tertiary/aromatic N) is 1. The highest BCUT2D eigenvalue weighted by atomic mass is 32.1. The zero-order chi connectivity index (χ0) is 12.7. The third-order valence-electron chi connectivity index (χ3n) is 3.68. The number of nitrogens with one attached hydrogen (secondary N) is 1. The second-order valence-electron chi connectivity index (χ2n) is 5.11. The SMILES string of the molecule is Cc1cc(C(N)=S)cc(NC2CC3CCC2O3)n1. The predicted molar refractivity (Wildman–Crippen MR) is 74.8 cm³/mol. The fourth-order valence-corrected chi connectivity index (χ4v) is 2.98. The molecule has 3 atom stereocenters. The Labute approximate surface area is 112 Å². The average molecular weight is 263 g/mol. The van der Waals surface area contributed by atoms with Gasteiger partial charge in [-0.05, 0) is 38.3 Å². The Bertz CT molecular complexity index is 491. The van der Waals surface area contributed by atoms with Crippen LogP contribution in [0.2, 0.25) is 0 Å². The maximum Gasteiger partial charge on any atom is 0.127 e. The number of hydrogen-bond acceptors (Lipinski definition) is 4. The van der Waals surface area contributed by atoms with Gasteiger partial charge in [0.1, 0.15) is 10.8 Å². The van der Waals surface area contributed by atoms with Gasteiger partial charge in [0, 0.05) is 11.3 Å². The monoisotopic (exact) mass is 263 g/mol. The average Bonchev–Trinajstić information content (AvgIpc) is 2.90. The van der Waals surface area contributed by atoms with Crippen LogP contribution < -0.4 is 11.1 Å². The first-order chi connectivity index (χ1) is 8.61. The molecule has 1 aromatic rings. The van der Waals surface area contributed by atoms with Crippen molar-refractivity contribution in [3.05, 3.63) is 23.4 Å². The Morgan fingerprint density at radius 3 is 2.94 bits per heavy atom. The van der Waals surface area contributed by atoms with Crippen molar-refractivity contribution < 1.29 is 4.74 Å². The van der Waals surface area contributed by atoms with Gasteiger partial charge >= 0.3 is 0 Å². The molecule has 1 aromatic heterocycles. The highest BCUT2D eigenvalue weighted by molar-refractivity contribution is 7.80. The summed E-state index contributed by atoms with van der Waals surface area (Å²) in [6.07, 6.45) is 4.19. The summed E-state index contributed by atoms with van der Waals surface area (Å²) in [5.41, 5.74) is 7.46. The largest absolute Gasteiger partial charge is 0.389 e. The molecule has 0 radical (unpaired) electrons. The molecule has 0 aromatic carbocycles. The quantitative estimate of drug-likeness (QED) is 0.814. The van der Waals surface area contributed by atoms with Gasteiger partial charge in [0.05, 0.1) is 18.2 Å². The van der Waals surface area contributed by atoms with Gasteiger partial charge < -0.3 is 15.8 Å². The topological polar surface area (TPSA) is 60.2 Å².